The number of aliphatic hydroxyl groups excluding tert-OH is 1. The van der Waals surface area contributed by atoms with Crippen LogP contribution in [-0.4, -0.2) is 53.0 Å². The second-order valence-corrected chi connectivity index (χ2v) is 6.06. The van der Waals surface area contributed by atoms with Crippen LogP contribution in [0.2, 0.25) is 0 Å². The predicted molar refractivity (Wildman–Crippen MR) is 63.8 cm³/mol. The molecule has 0 radical (unpaired) electrons. The third kappa shape index (κ3) is 2.26. The molecule has 2 atom stereocenters. The van der Waals surface area contributed by atoms with Gasteiger partial charge in [0.15, 0.2) is 0 Å². The van der Waals surface area contributed by atoms with Crippen LogP contribution < -0.4 is 5.32 Å². The average Bonchev–Trinajstić information content (AvgIpc) is 2.44. The minimum atomic E-state index is -0.488. The first-order valence-corrected chi connectivity index (χ1v) is 6.22. The molecule has 2 N–H and O–H groups in total. The quantitative estimate of drug-likeness (QED) is 0.711. The van der Waals surface area contributed by atoms with Crippen molar-refractivity contribution >= 4 is 6.09 Å². The molecule has 17 heavy (non-hydrogen) atoms. The fraction of sp³-hybridized carbons (Fsp3) is 0.917. The van der Waals surface area contributed by atoms with E-state index >= 15 is 0 Å². The maximum atomic E-state index is 12.2. The molecule has 2 aliphatic heterocycles. The second-order valence-electron chi connectivity index (χ2n) is 6.06. The summed E-state index contributed by atoms with van der Waals surface area (Å²) in [5.74, 6) is 0. The molecule has 0 aromatic rings. The summed E-state index contributed by atoms with van der Waals surface area (Å²) in [6.07, 6.45) is 1.49. The highest BCUT2D eigenvalue weighted by molar-refractivity contribution is 5.70. The number of hydrogen-bond acceptors (Lipinski definition) is 4. The van der Waals surface area contributed by atoms with Gasteiger partial charge in [0.25, 0.3) is 0 Å². The van der Waals surface area contributed by atoms with Gasteiger partial charge in [0.2, 0.25) is 0 Å². The Balaban J connectivity index is 2.16. The molecule has 2 fully saturated rings. The third-order valence-corrected chi connectivity index (χ3v) is 3.54. The van der Waals surface area contributed by atoms with E-state index < -0.39 is 11.1 Å². The summed E-state index contributed by atoms with van der Waals surface area (Å²) < 4.78 is 5.43. The van der Waals surface area contributed by atoms with Gasteiger partial charge in [-0.05, 0) is 33.6 Å². The lowest BCUT2D eigenvalue weighted by molar-refractivity contribution is -0.0243. The standard InChI is InChI=1S/C12H22N2O3/c1-11(2,3)17-10(16)14-9-4-5-12(14,8-15)7-13-6-9/h9,13,15H,4-8H2,1-3H3. The lowest BCUT2D eigenvalue weighted by Gasteiger charge is -2.44. The Bertz CT molecular complexity index is 309. The number of rotatable bonds is 1. The first kappa shape index (κ1) is 12.6. The molecule has 2 aliphatic rings. The van der Waals surface area contributed by atoms with E-state index in [4.69, 9.17) is 4.74 Å². The molecule has 0 saturated carbocycles. The number of ether oxygens (including phenoxy) is 1. The summed E-state index contributed by atoms with van der Waals surface area (Å²) in [5.41, 5.74) is -0.941. The minimum absolute atomic E-state index is 0.00422. The van der Waals surface area contributed by atoms with Gasteiger partial charge in [-0.2, -0.15) is 0 Å². The number of amides is 1. The fourth-order valence-electron chi connectivity index (χ4n) is 2.78. The molecule has 0 aromatic heterocycles. The van der Waals surface area contributed by atoms with E-state index in [1.165, 1.54) is 0 Å². The molecule has 5 nitrogen and oxygen atoms in total. The molecule has 2 unspecified atom stereocenters. The van der Waals surface area contributed by atoms with Gasteiger partial charge in [-0.3, -0.25) is 4.90 Å². The number of piperazine rings is 1. The van der Waals surface area contributed by atoms with Crippen LogP contribution >= 0.6 is 0 Å². The van der Waals surface area contributed by atoms with Gasteiger partial charge in [0, 0.05) is 19.1 Å². The summed E-state index contributed by atoms with van der Waals surface area (Å²) in [7, 11) is 0. The van der Waals surface area contributed by atoms with Crippen LogP contribution in [0, 0.1) is 0 Å². The highest BCUT2D eigenvalue weighted by Crippen LogP contribution is 2.37. The lowest BCUT2D eigenvalue weighted by Crippen LogP contribution is -2.64. The van der Waals surface area contributed by atoms with Crippen LogP contribution in [-0.2, 0) is 4.74 Å². The van der Waals surface area contributed by atoms with Crippen molar-refractivity contribution in [2.45, 2.75) is 50.8 Å². The van der Waals surface area contributed by atoms with Gasteiger partial charge >= 0.3 is 6.09 Å². The number of aliphatic hydroxyl groups is 1. The van der Waals surface area contributed by atoms with Crippen molar-refractivity contribution in [3.8, 4) is 0 Å². The van der Waals surface area contributed by atoms with Crippen LogP contribution in [0.1, 0.15) is 33.6 Å². The largest absolute Gasteiger partial charge is 0.444 e. The summed E-state index contributed by atoms with van der Waals surface area (Å²) >= 11 is 0. The van der Waals surface area contributed by atoms with E-state index in [9.17, 15) is 9.90 Å². The van der Waals surface area contributed by atoms with E-state index in [0.717, 1.165) is 19.4 Å². The van der Waals surface area contributed by atoms with Crippen LogP contribution in [0.25, 0.3) is 0 Å². The molecule has 0 aliphatic carbocycles. The molecule has 2 saturated heterocycles. The van der Waals surface area contributed by atoms with E-state index in [2.05, 4.69) is 5.32 Å². The summed E-state index contributed by atoms with van der Waals surface area (Å²) in [6, 6.07) is 0.158. The first-order valence-electron chi connectivity index (χ1n) is 6.22. The van der Waals surface area contributed by atoms with Crippen LogP contribution in [0.4, 0.5) is 4.79 Å². The Morgan fingerprint density at radius 1 is 1.59 bits per heavy atom. The number of fused-ring (bicyclic) bond motifs is 2. The van der Waals surface area contributed by atoms with Gasteiger partial charge in [-0.25, -0.2) is 4.79 Å². The van der Waals surface area contributed by atoms with Crippen molar-refractivity contribution in [3.63, 3.8) is 0 Å². The molecule has 2 heterocycles. The van der Waals surface area contributed by atoms with Crippen molar-refractivity contribution in [1.29, 1.82) is 0 Å². The predicted octanol–water partition coefficient (Wildman–Crippen LogP) is 0.720. The maximum Gasteiger partial charge on any atom is 0.411 e. The van der Waals surface area contributed by atoms with E-state index in [1.807, 2.05) is 20.8 Å². The fourth-order valence-corrected chi connectivity index (χ4v) is 2.78. The zero-order valence-corrected chi connectivity index (χ0v) is 10.8. The molecule has 2 rings (SSSR count). The molecular formula is C12H22N2O3. The van der Waals surface area contributed by atoms with E-state index in [-0.39, 0.29) is 18.7 Å². The number of nitrogens with one attached hydrogen (secondary N) is 1. The van der Waals surface area contributed by atoms with Gasteiger partial charge in [0.05, 0.1) is 12.1 Å². The number of carbonyl (C=O) groups excluding carboxylic acids is 1. The van der Waals surface area contributed by atoms with Crippen LogP contribution in [0.5, 0.6) is 0 Å². The van der Waals surface area contributed by atoms with Gasteiger partial charge in [-0.1, -0.05) is 0 Å². The van der Waals surface area contributed by atoms with Crippen molar-refractivity contribution in [3.05, 3.63) is 0 Å². The van der Waals surface area contributed by atoms with Crippen molar-refractivity contribution in [1.82, 2.24) is 10.2 Å². The monoisotopic (exact) mass is 242 g/mol. The Labute approximate surface area is 102 Å². The van der Waals surface area contributed by atoms with Gasteiger partial charge in [-0.15, -0.1) is 0 Å². The molecule has 0 spiro atoms. The van der Waals surface area contributed by atoms with Crippen LogP contribution in [0.15, 0.2) is 0 Å². The average molecular weight is 242 g/mol. The number of carbonyl (C=O) groups is 1. The maximum absolute atomic E-state index is 12.2. The Hall–Kier alpha value is -0.810. The topological polar surface area (TPSA) is 61.8 Å². The first-order chi connectivity index (χ1) is 7.88. The van der Waals surface area contributed by atoms with E-state index in [1.54, 1.807) is 4.90 Å². The summed E-state index contributed by atoms with van der Waals surface area (Å²) in [5, 5.41) is 12.9. The van der Waals surface area contributed by atoms with Crippen molar-refractivity contribution < 1.29 is 14.6 Å². The normalized spacial score (nSPS) is 32.7. The Kier molecular flexibility index (Phi) is 3.08. The molecular weight excluding hydrogens is 220 g/mol. The summed E-state index contributed by atoms with van der Waals surface area (Å²) in [4.78, 5) is 14.0. The highest BCUT2D eigenvalue weighted by atomic mass is 16.6. The van der Waals surface area contributed by atoms with Crippen molar-refractivity contribution in [2.24, 2.45) is 0 Å². The van der Waals surface area contributed by atoms with E-state index in [0.29, 0.717) is 6.54 Å². The SMILES string of the molecule is CC(C)(C)OC(=O)N1C2CCC1(CO)CNC2. The molecule has 98 valence electrons. The third-order valence-electron chi connectivity index (χ3n) is 3.54. The summed E-state index contributed by atoms with van der Waals surface area (Å²) in [6.45, 7) is 7.03. The lowest BCUT2D eigenvalue weighted by atomic mass is 9.97. The Morgan fingerprint density at radius 3 is 2.88 bits per heavy atom. The van der Waals surface area contributed by atoms with Gasteiger partial charge in [0.1, 0.15) is 5.60 Å². The molecule has 0 aromatic carbocycles. The Morgan fingerprint density at radius 2 is 2.29 bits per heavy atom. The smallest absolute Gasteiger partial charge is 0.411 e. The second kappa shape index (κ2) is 4.14. The minimum Gasteiger partial charge on any atom is -0.444 e. The van der Waals surface area contributed by atoms with Crippen LogP contribution in [0.3, 0.4) is 0 Å². The zero-order chi connectivity index (χ0) is 12.7. The molecule has 2 bridgehead atoms. The highest BCUT2D eigenvalue weighted by Gasteiger charge is 2.52. The molecule has 1 amide bonds. The number of nitrogens with zero attached hydrogens (tertiary/aromatic N) is 1. The van der Waals surface area contributed by atoms with Crippen molar-refractivity contribution in [2.75, 3.05) is 19.7 Å². The number of hydrogen-bond donors (Lipinski definition) is 2. The van der Waals surface area contributed by atoms with Gasteiger partial charge < -0.3 is 15.2 Å². The zero-order valence-electron chi connectivity index (χ0n) is 10.8. The molecule has 5 heteroatoms.